The van der Waals surface area contributed by atoms with Crippen molar-refractivity contribution < 1.29 is 9.18 Å². The first-order valence-electron chi connectivity index (χ1n) is 10.8. The molecule has 4 heteroatoms. The molecule has 0 aliphatic carbocycles. The number of likely N-dealkylation sites (tertiary alicyclic amines) is 1. The SMILES string of the molecule is C[C@H](Cc1ccccc1F)N1CCC(CCC(=O)N(C)Cc2ccccc2)CC1. The summed E-state index contributed by atoms with van der Waals surface area (Å²) in [5.74, 6) is 0.734. The Kier molecular flexibility index (Phi) is 7.82. The van der Waals surface area contributed by atoms with Crippen LogP contribution in [0.15, 0.2) is 54.6 Å². The Labute approximate surface area is 174 Å². The van der Waals surface area contributed by atoms with Gasteiger partial charge in [0.05, 0.1) is 0 Å². The number of carbonyl (C=O) groups excluding carboxylic acids is 1. The van der Waals surface area contributed by atoms with Gasteiger partial charge in [-0.15, -0.1) is 0 Å². The molecule has 2 aromatic carbocycles. The van der Waals surface area contributed by atoms with Gasteiger partial charge in [0.2, 0.25) is 5.91 Å². The lowest BCUT2D eigenvalue weighted by atomic mass is 9.90. The van der Waals surface area contributed by atoms with E-state index in [0.717, 1.165) is 44.3 Å². The van der Waals surface area contributed by atoms with Crippen LogP contribution >= 0.6 is 0 Å². The molecule has 156 valence electrons. The van der Waals surface area contributed by atoms with Gasteiger partial charge in [0.25, 0.3) is 0 Å². The molecular weight excluding hydrogens is 363 g/mol. The van der Waals surface area contributed by atoms with Crippen LogP contribution in [0.1, 0.15) is 43.7 Å². The molecule has 0 aromatic heterocycles. The van der Waals surface area contributed by atoms with Gasteiger partial charge in [-0.2, -0.15) is 0 Å². The number of benzene rings is 2. The molecular formula is C25H33FN2O. The Morgan fingerprint density at radius 2 is 1.76 bits per heavy atom. The summed E-state index contributed by atoms with van der Waals surface area (Å²) in [6, 6.07) is 17.5. The summed E-state index contributed by atoms with van der Waals surface area (Å²) in [6.45, 7) is 4.93. The van der Waals surface area contributed by atoms with Gasteiger partial charge in [-0.05, 0) is 68.8 Å². The molecule has 1 fully saturated rings. The highest BCUT2D eigenvalue weighted by Crippen LogP contribution is 2.25. The van der Waals surface area contributed by atoms with Crippen molar-refractivity contribution in [2.45, 2.75) is 51.6 Å². The van der Waals surface area contributed by atoms with Gasteiger partial charge < -0.3 is 9.80 Å². The van der Waals surface area contributed by atoms with Crippen LogP contribution in [-0.4, -0.2) is 41.9 Å². The number of nitrogens with zero attached hydrogens (tertiary/aromatic N) is 2. The number of hydrogen-bond donors (Lipinski definition) is 0. The van der Waals surface area contributed by atoms with Crippen LogP contribution in [-0.2, 0) is 17.8 Å². The van der Waals surface area contributed by atoms with Gasteiger partial charge in [0.1, 0.15) is 5.82 Å². The smallest absolute Gasteiger partial charge is 0.222 e. The number of piperidine rings is 1. The van der Waals surface area contributed by atoms with Crippen molar-refractivity contribution in [3.63, 3.8) is 0 Å². The Balaban J connectivity index is 1.38. The summed E-state index contributed by atoms with van der Waals surface area (Å²) in [4.78, 5) is 16.8. The van der Waals surface area contributed by atoms with Gasteiger partial charge in [-0.1, -0.05) is 48.5 Å². The molecule has 1 heterocycles. The summed E-state index contributed by atoms with van der Waals surface area (Å²) in [6.07, 6.45) is 4.58. The van der Waals surface area contributed by atoms with E-state index >= 15 is 0 Å². The molecule has 0 unspecified atom stereocenters. The third-order valence-corrected chi connectivity index (χ3v) is 6.20. The highest BCUT2D eigenvalue weighted by Gasteiger charge is 2.24. The maximum atomic E-state index is 13.9. The molecule has 1 atom stereocenters. The highest BCUT2D eigenvalue weighted by molar-refractivity contribution is 5.75. The van der Waals surface area contributed by atoms with E-state index in [-0.39, 0.29) is 11.7 Å². The number of amides is 1. The summed E-state index contributed by atoms with van der Waals surface area (Å²) in [5, 5.41) is 0. The summed E-state index contributed by atoms with van der Waals surface area (Å²) < 4.78 is 13.9. The van der Waals surface area contributed by atoms with Crippen LogP contribution < -0.4 is 0 Å². The van der Waals surface area contributed by atoms with Crippen molar-refractivity contribution >= 4 is 5.91 Å². The monoisotopic (exact) mass is 396 g/mol. The Hall–Kier alpha value is -2.20. The molecule has 0 spiro atoms. The van der Waals surface area contributed by atoms with Gasteiger partial charge in [-0.3, -0.25) is 4.79 Å². The van der Waals surface area contributed by atoms with Gasteiger partial charge in [0.15, 0.2) is 0 Å². The van der Waals surface area contributed by atoms with Crippen LogP contribution in [0, 0.1) is 11.7 Å². The van der Waals surface area contributed by atoms with Crippen molar-refractivity contribution in [2.75, 3.05) is 20.1 Å². The van der Waals surface area contributed by atoms with Gasteiger partial charge in [-0.25, -0.2) is 4.39 Å². The minimum Gasteiger partial charge on any atom is -0.341 e. The van der Waals surface area contributed by atoms with E-state index in [1.165, 1.54) is 5.56 Å². The first kappa shape index (κ1) is 21.5. The first-order chi connectivity index (χ1) is 14.0. The third-order valence-electron chi connectivity index (χ3n) is 6.20. The van der Waals surface area contributed by atoms with Crippen molar-refractivity contribution in [2.24, 2.45) is 5.92 Å². The molecule has 3 rings (SSSR count). The number of rotatable bonds is 8. The second-order valence-electron chi connectivity index (χ2n) is 8.40. The molecule has 1 aliphatic heterocycles. The minimum atomic E-state index is -0.104. The zero-order valence-electron chi connectivity index (χ0n) is 17.7. The number of carbonyl (C=O) groups is 1. The minimum absolute atomic E-state index is 0.104. The molecule has 1 aliphatic rings. The van der Waals surface area contributed by atoms with Crippen LogP contribution in [0.5, 0.6) is 0 Å². The quantitative estimate of drug-likeness (QED) is 0.633. The van der Waals surface area contributed by atoms with Crippen molar-refractivity contribution in [1.29, 1.82) is 0 Å². The Morgan fingerprint density at radius 1 is 1.10 bits per heavy atom. The molecule has 29 heavy (non-hydrogen) atoms. The lowest BCUT2D eigenvalue weighted by molar-refractivity contribution is -0.130. The summed E-state index contributed by atoms with van der Waals surface area (Å²) >= 11 is 0. The van der Waals surface area contributed by atoms with E-state index in [9.17, 15) is 9.18 Å². The first-order valence-corrected chi connectivity index (χ1v) is 10.8. The highest BCUT2D eigenvalue weighted by atomic mass is 19.1. The Morgan fingerprint density at radius 3 is 2.45 bits per heavy atom. The standard InChI is InChI=1S/C25H33FN2O/c1-20(18-23-10-6-7-11-24(23)26)28-16-14-21(15-17-28)12-13-25(29)27(2)19-22-8-4-3-5-9-22/h3-11,20-21H,12-19H2,1-2H3/t20-/m1/s1. The third kappa shape index (κ3) is 6.40. The maximum Gasteiger partial charge on any atom is 0.222 e. The summed E-state index contributed by atoms with van der Waals surface area (Å²) in [5.41, 5.74) is 1.97. The molecule has 0 saturated carbocycles. The molecule has 2 aromatic rings. The lowest BCUT2D eigenvalue weighted by Crippen LogP contribution is -2.41. The van der Waals surface area contributed by atoms with Crippen molar-refractivity contribution in [3.05, 3.63) is 71.5 Å². The second-order valence-corrected chi connectivity index (χ2v) is 8.40. The van der Waals surface area contributed by atoms with E-state index in [2.05, 4.69) is 24.0 Å². The zero-order valence-corrected chi connectivity index (χ0v) is 17.7. The van der Waals surface area contributed by atoms with Gasteiger partial charge >= 0.3 is 0 Å². The van der Waals surface area contributed by atoms with Crippen LogP contribution in [0.2, 0.25) is 0 Å². The average Bonchev–Trinajstić information content (AvgIpc) is 2.74. The maximum absolute atomic E-state index is 13.9. The largest absolute Gasteiger partial charge is 0.341 e. The zero-order chi connectivity index (χ0) is 20.6. The number of halogens is 1. The van der Waals surface area contributed by atoms with Crippen LogP contribution in [0.25, 0.3) is 0 Å². The van der Waals surface area contributed by atoms with Gasteiger partial charge in [0, 0.05) is 26.1 Å². The van der Waals surface area contributed by atoms with E-state index in [1.54, 1.807) is 12.1 Å². The predicted molar refractivity (Wildman–Crippen MR) is 116 cm³/mol. The fourth-order valence-electron chi connectivity index (χ4n) is 4.26. The lowest BCUT2D eigenvalue weighted by Gasteiger charge is -2.36. The molecule has 3 nitrogen and oxygen atoms in total. The van der Waals surface area contributed by atoms with Crippen molar-refractivity contribution in [1.82, 2.24) is 9.80 Å². The normalized spacial score (nSPS) is 16.5. The average molecular weight is 397 g/mol. The molecule has 0 radical (unpaired) electrons. The van der Waals surface area contributed by atoms with E-state index in [1.807, 2.05) is 42.3 Å². The van der Waals surface area contributed by atoms with Crippen LogP contribution in [0.4, 0.5) is 4.39 Å². The molecule has 0 bridgehead atoms. The summed E-state index contributed by atoms with van der Waals surface area (Å²) in [7, 11) is 1.89. The second kappa shape index (κ2) is 10.5. The predicted octanol–water partition coefficient (Wildman–Crippen LogP) is 4.91. The van der Waals surface area contributed by atoms with Crippen LogP contribution in [0.3, 0.4) is 0 Å². The fraction of sp³-hybridized carbons (Fsp3) is 0.480. The Bertz CT molecular complexity index is 771. The fourth-order valence-corrected chi connectivity index (χ4v) is 4.26. The topological polar surface area (TPSA) is 23.6 Å². The van der Waals surface area contributed by atoms with E-state index < -0.39 is 0 Å². The molecule has 1 saturated heterocycles. The number of hydrogen-bond acceptors (Lipinski definition) is 2. The van der Waals surface area contributed by atoms with E-state index in [0.29, 0.717) is 24.9 Å². The van der Waals surface area contributed by atoms with E-state index in [4.69, 9.17) is 0 Å². The van der Waals surface area contributed by atoms with Crippen molar-refractivity contribution in [3.8, 4) is 0 Å². The molecule has 0 N–H and O–H groups in total. The molecule has 1 amide bonds.